The summed E-state index contributed by atoms with van der Waals surface area (Å²) in [5, 5.41) is 3.30. The van der Waals surface area contributed by atoms with Gasteiger partial charge in [0.05, 0.1) is 0 Å². The maximum absolute atomic E-state index is 12.9. The summed E-state index contributed by atoms with van der Waals surface area (Å²) in [6.45, 7) is 7.82. The average Bonchev–Trinajstić information content (AvgIpc) is 2.41. The Labute approximate surface area is 119 Å². The van der Waals surface area contributed by atoms with E-state index in [1.54, 1.807) is 12.1 Å². The van der Waals surface area contributed by atoms with Gasteiger partial charge in [-0.2, -0.15) is 0 Å². The fourth-order valence-electron chi connectivity index (χ4n) is 2.18. The Morgan fingerprint density at radius 1 is 1.05 bits per heavy atom. The Balaban J connectivity index is 2.19. The minimum atomic E-state index is -0.219. The van der Waals surface area contributed by atoms with Gasteiger partial charge < -0.3 is 5.32 Å². The van der Waals surface area contributed by atoms with Crippen LogP contribution in [0.2, 0.25) is 0 Å². The van der Waals surface area contributed by atoms with Gasteiger partial charge in [-0.3, -0.25) is 0 Å². The summed E-state index contributed by atoms with van der Waals surface area (Å²) in [5.41, 5.74) is 4.20. The lowest BCUT2D eigenvalue weighted by Crippen LogP contribution is -2.16. The van der Waals surface area contributed by atoms with Crippen LogP contribution in [0, 0.1) is 19.7 Å². The molecule has 0 saturated heterocycles. The number of halogens is 1. The second kappa shape index (κ2) is 6.57. The standard InChI is InChI=1S/C16H20FN3/c1-4-18-10-15-11(2)19-16(20-12(15)3)9-13-5-7-14(17)8-6-13/h5-8,18H,4,9-10H2,1-3H3. The van der Waals surface area contributed by atoms with Crippen LogP contribution < -0.4 is 5.32 Å². The highest BCUT2D eigenvalue weighted by Crippen LogP contribution is 2.13. The molecule has 1 N–H and O–H groups in total. The van der Waals surface area contributed by atoms with E-state index in [4.69, 9.17) is 0 Å². The van der Waals surface area contributed by atoms with Crippen LogP contribution in [0.25, 0.3) is 0 Å². The number of hydrogen-bond donors (Lipinski definition) is 1. The van der Waals surface area contributed by atoms with E-state index >= 15 is 0 Å². The lowest BCUT2D eigenvalue weighted by Gasteiger charge is -2.11. The predicted octanol–water partition coefficient (Wildman–Crippen LogP) is 2.93. The Morgan fingerprint density at radius 3 is 2.20 bits per heavy atom. The van der Waals surface area contributed by atoms with Crippen LogP contribution in [-0.2, 0) is 13.0 Å². The van der Waals surface area contributed by atoms with E-state index in [-0.39, 0.29) is 5.82 Å². The third-order valence-electron chi connectivity index (χ3n) is 3.29. The third kappa shape index (κ3) is 3.61. The Morgan fingerprint density at radius 2 is 1.65 bits per heavy atom. The first kappa shape index (κ1) is 14.6. The predicted molar refractivity (Wildman–Crippen MR) is 78.1 cm³/mol. The van der Waals surface area contributed by atoms with Crippen molar-refractivity contribution in [2.75, 3.05) is 6.54 Å². The summed E-state index contributed by atoms with van der Waals surface area (Å²) in [5.74, 6) is 0.565. The highest BCUT2D eigenvalue weighted by Gasteiger charge is 2.08. The summed E-state index contributed by atoms with van der Waals surface area (Å²) in [6.07, 6.45) is 0.628. The Bertz CT molecular complexity index is 556. The fraction of sp³-hybridized carbons (Fsp3) is 0.375. The minimum absolute atomic E-state index is 0.219. The number of rotatable bonds is 5. The van der Waals surface area contributed by atoms with Gasteiger partial charge in [0, 0.05) is 29.9 Å². The first-order chi connectivity index (χ1) is 9.60. The molecule has 1 aromatic carbocycles. The van der Waals surface area contributed by atoms with Gasteiger partial charge in [-0.1, -0.05) is 19.1 Å². The van der Waals surface area contributed by atoms with Crippen molar-refractivity contribution in [3.63, 3.8) is 0 Å². The monoisotopic (exact) mass is 273 g/mol. The highest BCUT2D eigenvalue weighted by atomic mass is 19.1. The van der Waals surface area contributed by atoms with E-state index in [0.29, 0.717) is 6.42 Å². The topological polar surface area (TPSA) is 37.8 Å². The third-order valence-corrected chi connectivity index (χ3v) is 3.29. The molecule has 2 aromatic rings. The fourth-order valence-corrected chi connectivity index (χ4v) is 2.18. The Kier molecular flexibility index (Phi) is 4.79. The van der Waals surface area contributed by atoms with Crippen molar-refractivity contribution in [1.29, 1.82) is 0 Å². The maximum Gasteiger partial charge on any atom is 0.133 e. The molecule has 0 aliphatic rings. The SMILES string of the molecule is CCNCc1c(C)nc(Cc2ccc(F)cc2)nc1C. The molecule has 20 heavy (non-hydrogen) atoms. The van der Waals surface area contributed by atoms with Gasteiger partial charge in [-0.05, 0) is 38.1 Å². The number of nitrogens with one attached hydrogen (secondary N) is 1. The first-order valence-corrected chi connectivity index (χ1v) is 6.88. The van der Waals surface area contributed by atoms with E-state index in [2.05, 4.69) is 22.2 Å². The van der Waals surface area contributed by atoms with E-state index in [1.165, 1.54) is 12.1 Å². The average molecular weight is 273 g/mol. The molecule has 1 aromatic heterocycles. The molecule has 0 aliphatic heterocycles. The van der Waals surface area contributed by atoms with Crippen LogP contribution in [0.5, 0.6) is 0 Å². The van der Waals surface area contributed by atoms with Crippen molar-refractivity contribution in [2.24, 2.45) is 0 Å². The first-order valence-electron chi connectivity index (χ1n) is 6.88. The molecular weight excluding hydrogens is 253 g/mol. The largest absolute Gasteiger partial charge is 0.313 e. The van der Waals surface area contributed by atoms with Gasteiger partial charge in [-0.15, -0.1) is 0 Å². The number of hydrogen-bond acceptors (Lipinski definition) is 3. The molecule has 0 aliphatic carbocycles. The van der Waals surface area contributed by atoms with Crippen molar-refractivity contribution in [2.45, 2.75) is 33.7 Å². The van der Waals surface area contributed by atoms with Crippen LogP contribution in [0.15, 0.2) is 24.3 Å². The molecule has 4 heteroatoms. The normalized spacial score (nSPS) is 10.8. The van der Waals surface area contributed by atoms with Crippen molar-refractivity contribution >= 4 is 0 Å². The molecule has 0 unspecified atom stereocenters. The van der Waals surface area contributed by atoms with Gasteiger partial charge >= 0.3 is 0 Å². The zero-order valence-electron chi connectivity index (χ0n) is 12.2. The van der Waals surface area contributed by atoms with Crippen LogP contribution in [0.3, 0.4) is 0 Å². The molecule has 0 atom stereocenters. The zero-order chi connectivity index (χ0) is 14.5. The lowest BCUT2D eigenvalue weighted by molar-refractivity contribution is 0.627. The summed E-state index contributed by atoms with van der Waals surface area (Å²) in [6, 6.07) is 6.48. The summed E-state index contributed by atoms with van der Waals surface area (Å²) in [4.78, 5) is 9.12. The van der Waals surface area contributed by atoms with Gasteiger partial charge in [0.15, 0.2) is 0 Å². The number of aryl methyl sites for hydroxylation is 2. The van der Waals surface area contributed by atoms with Crippen LogP contribution in [-0.4, -0.2) is 16.5 Å². The zero-order valence-corrected chi connectivity index (χ0v) is 12.2. The van der Waals surface area contributed by atoms with Crippen LogP contribution in [0.1, 0.15) is 35.3 Å². The summed E-state index contributed by atoms with van der Waals surface area (Å²) >= 11 is 0. The molecule has 2 rings (SSSR count). The van der Waals surface area contributed by atoms with Crippen LogP contribution >= 0.6 is 0 Å². The molecule has 1 heterocycles. The molecule has 0 bridgehead atoms. The molecule has 3 nitrogen and oxygen atoms in total. The Hall–Kier alpha value is -1.81. The highest BCUT2D eigenvalue weighted by molar-refractivity contribution is 5.26. The smallest absolute Gasteiger partial charge is 0.133 e. The number of benzene rings is 1. The summed E-state index contributed by atoms with van der Waals surface area (Å²) in [7, 11) is 0. The van der Waals surface area contributed by atoms with E-state index in [9.17, 15) is 4.39 Å². The molecule has 106 valence electrons. The summed E-state index contributed by atoms with van der Waals surface area (Å²) < 4.78 is 12.9. The molecule has 0 spiro atoms. The van der Waals surface area contributed by atoms with E-state index < -0.39 is 0 Å². The number of aromatic nitrogens is 2. The van der Waals surface area contributed by atoms with Crippen molar-refractivity contribution in [1.82, 2.24) is 15.3 Å². The van der Waals surface area contributed by atoms with Crippen molar-refractivity contribution < 1.29 is 4.39 Å². The van der Waals surface area contributed by atoms with Gasteiger partial charge in [-0.25, -0.2) is 14.4 Å². The van der Waals surface area contributed by atoms with E-state index in [0.717, 1.165) is 41.4 Å². The lowest BCUT2D eigenvalue weighted by atomic mass is 10.1. The maximum atomic E-state index is 12.9. The van der Waals surface area contributed by atoms with Crippen molar-refractivity contribution in [3.8, 4) is 0 Å². The van der Waals surface area contributed by atoms with Crippen LogP contribution in [0.4, 0.5) is 4.39 Å². The van der Waals surface area contributed by atoms with Gasteiger partial charge in [0.2, 0.25) is 0 Å². The second-order valence-corrected chi connectivity index (χ2v) is 4.87. The molecule has 0 fully saturated rings. The van der Waals surface area contributed by atoms with E-state index in [1.807, 2.05) is 13.8 Å². The van der Waals surface area contributed by atoms with Gasteiger partial charge in [0.1, 0.15) is 11.6 Å². The second-order valence-electron chi connectivity index (χ2n) is 4.87. The molecule has 0 amide bonds. The number of nitrogens with zero attached hydrogens (tertiary/aromatic N) is 2. The van der Waals surface area contributed by atoms with Gasteiger partial charge in [0.25, 0.3) is 0 Å². The molecular formula is C16H20FN3. The minimum Gasteiger partial charge on any atom is -0.313 e. The molecule has 0 radical (unpaired) electrons. The quantitative estimate of drug-likeness (QED) is 0.910. The van der Waals surface area contributed by atoms with Crippen molar-refractivity contribution in [3.05, 3.63) is 58.4 Å². The molecule has 0 saturated carbocycles.